The molecule has 2 rings (SSSR count). The van der Waals surface area contributed by atoms with Gasteiger partial charge < -0.3 is 5.11 Å². The van der Waals surface area contributed by atoms with E-state index in [0.717, 1.165) is 9.13 Å². The third-order valence-corrected chi connectivity index (χ3v) is 3.12. The number of halogens is 1. The van der Waals surface area contributed by atoms with Gasteiger partial charge in [0, 0.05) is 3.57 Å². The van der Waals surface area contributed by atoms with E-state index in [2.05, 4.69) is 33.1 Å². The molecule has 5 heteroatoms. The molecule has 0 aliphatic rings. The van der Waals surface area contributed by atoms with Crippen molar-refractivity contribution < 1.29 is 9.90 Å². The van der Waals surface area contributed by atoms with E-state index in [1.54, 1.807) is 18.3 Å². The number of benzene rings is 2. The van der Waals surface area contributed by atoms with Gasteiger partial charge in [0.2, 0.25) is 0 Å². The third-order valence-electron chi connectivity index (χ3n) is 2.40. The van der Waals surface area contributed by atoms with Crippen LogP contribution in [0.5, 0.6) is 5.75 Å². The van der Waals surface area contributed by atoms with Gasteiger partial charge in [-0.1, -0.05) is 24.3 Å². The Bertz CT molecular complexity index is 609. The molecule has 0 saturated heterocycles. The van der Waals surface area contributed by atoms with Crippen molar-refractivity contribution in [2.24, 2.45) is 5.10 Å². The van der Waals surface area contributed by atoms with Crippen LogP contribution in [0.1, 0.15) is 15.9 Å². The van der Waals surface area contributed by atoms with Gasteiger partial charge in [-0.15, -0.1) is 0 Å². The van der Waals surface area contributed by atoms with E-state index in [4.69, 9.17) is 0 Å². The van der Waals surface area contributed by atoms with Crippen LogP contribution in [0, 0.1) is 3.57 Å². The van der Waals surface area contributed by atoms with E-state index in [0.29, 0.717) is 0 Å². The molecule has 2 N–H and O–H groups in total. The largest absolute Gasteiger partial charge is 0.507 e. The van der Waals surface area contributed by atoms with Crippen molar-refractivity contribution in [1.82, 2.24) is 5.43 Å². The molecular formula is C14H11IN2O2. The van der Waals surface area contributed by atoms with Crippen molar-refractivity contribution in [1.29, 1.82) is 0 Å². The lowest BCUT2D eigenvalue weighted by atomic mass is 10.2. The molecule has 0 aliphatic heterocycles. The predicted octanol–water partition coefficient (Wildman–Crippen LogP) is 2.76. The van der Waals surface area contributed by atoms with Crippen LogP contribution in [0.4, 0.5) is 0 Å². The fraction of sp³-hybridized carbons (Fsp3) is 0. The van der Waals surface area contributed by atoms with Crippen molar-refractivity contribution in [3.8, 4) is 5.75 Å². The summed E-state index contributed by atoms with van der Waals surface area (Å²) >= 11 is 2.21. The number of nitrogens with zero attached hydrogens (tertiary/aromatic N) is 1. The summed E-state index contributed by atoms with van der Waals surface area (Å²) in [5.74, 6) is -0.510. The third kappa shape index (κ3) is 3.78. The number of aromatic hydroxyl groups is 1. The Morgan fingerprint density at radius 1 is 1.16 bits per heavy atom. The molecule has 0 spiro atoms. The highest BCUT2D eigenvalue weighted by Crippen LogP contribution is 2.14. The second kappa shape index (κ2) is 6.33. The Labute approximate surface area is 124 Å². The van der Waals surface area contributed by atoms with Crippen LogP contribution in [0.15, 0.2) is 53.6 Å². The van der Waals surface area contributed by atoms with Crippen LogP contribution in [0.2, 0.25) is 0 Å². The Hall–Kier alpha value is -1.89. The lowest BCUT2D eigenvalue weighted by Gasteiger charge is -2.01. The number of para-hydroxylation sites is 1. The van der Waals surface area contributed by atoms with E-state index in [1.807, 2.05) is 24.3 Å². The van der Waals surface area contributed by atoms with E-state index in [9.17, 15) is 9.90 Å². The number of amides is 1. The molecule has 96 valence electrons. The lowest BCUT2D eigenvalue weighted by molar-refractivity contribution is 0.0952. The minimum Gasteiger partial charge on any atom is -0.507 e. The van der Waals surface area contributed by atoms with E-state index < -0.39 is 5.91 Å². The molecule has 4 nitrogen and oxygen atoms in total. The molecule has 0 bridgehead atoms. The van der Waals surface area contributed by atoms with E-state index in [-0.39, 0.29) is 11.3 Å². The summed E-state index contributed by atoms with van der Waals surface area (Å²) in [5.41, 5.74) is 3.46. The molecule has 0 fully saturated rings. The summed E-state index contributed by atoms with van der Waals surface area (Å²) in [6.45, 7) is 0. The molecule has 1 amide bonds. The molecular weight excluding hydrogens is 355 g/mol. The summed E-state index contributed by atoms with van der Waals surface area (Å²) in [4.78, 5) is 11.7. The molecule has 0 atom stereocenters. The van der Waals surface area contributed by atoms with Gasteiger partial charge in [0.05, 0.1) is 11.8 Å². The molecule has 2 aromatic carbocycles. The number of rotatable bonds is 3. The number of hydrogen-bond acceptors (Lipinski definition) is 3. The summed E-state index contributed by atoms with van der Waals surface area (Å²) in [6.07, 6.45) is 1.55. The van der Waals surface area contributed by atoms with Gasteiger partial charge in [0.25, 0.3) is 5.91 Å². The summed E-state index contributed by atoms with van der Waals surface area (Å²) in [7, 11) is 0. The van der Waals surface area contributed by atoms with Crippen LogP contribution in [-0.2, 0) is 0 Å². The molecule has 2 aromatic rings. The average molecular weight is 366 g/mol. The fourth-order valence-electron chi connectivity index (χ4n) is 1.44. The van der Waals surface area contributed by atoms with Crippen molar-refractivity contribution in [3.05, 3.63) is 63.2 Å². The Morgan fingerprint density at radius 2 is 1.84 bits per heavy atom. The van der Waals surface area contributed by atoms with Crippen molar-refractivity contribution in [3.63, 3.8) is 0 Å². The first-order valence-corrected chi connectivity index (χ1v) is 6.61. The number of hydrazone groups is 1. The normalized spacial score (nSPS) is 10.6. The van der Waals surface area contributed by atoms with Gasteiger partial charge in [0.1, 0.15) is 5.75 Å². The summed E-state index contributed by atoms with van der Waals surface area (Å²) in [5, 5.41) is 13.4. The quantitative estimate of drug-likeness (QED) is 0.499. The zero-order valence-corrected chi connectivity index (χ0v) is 12.0. The minimum absolute atomic E-state index is 0.0653. The Balaban J connectivity index is 2.01. The molecule has 19 heavy (non-hydrogen) atoms. The first-order valence-electron chi connectivity index (χ1n) is 5.54. The maximum atomic E-state index is 11.7. The molecule has 0 saturated carbocycles. The highest BCUT2D eigenvalue weighted by molar-refractivity contribution is 14.1. The molecule has 0 aliphatic carbocycles. The number of phenols is 1. The van der Waals surface area contributed by atoms with Gasteiger partial charge in [-0.05, 0) is 52.4 Å². The number of nitrogens with one attached hydrogen (secondary N) is 1. The van der Waals surface area contributed by atoms with Crippen molar-refractivity contribution in [2.45, 2.75) is 0 Å². The smallest absolute Gasteiger partial charge is 0.275 e. The van der Waals surface area contributed by atoms with Gasteiger partial charge in [-0.25, -0.2) is 5.43 Å². The Kier molecular flexibility index (Phi) is 4.51. The SMILES string of the molecule is O=C(N/N=C/c1ccc(I)cc1)c1ccccc1O. The minimum atomic E-state index is -0.445. The highest BCUT2D eigenvalue weighted by atomic mass is 127. The van der Waals surface area contributed by atoms with Crippen molar-refractivity contribution >= 4 is 34.7 Å². The van der Waals surface area contributed by atoms with Crippen LogP contribution >= 0.6 is 22.6 Å². The number of carbonyl (C=O) groups excluding carboxylic acids is 1. The fourth-order valence-corrected chi connectivity index (χ4v) is 1.80. The highest BCUT2D eigenvalue weighted by Gasteiger charge is 2.08. The summed E-state index contributed by atoms with van der Waals surface area (Å²) < 4.78 is 1.13. The van der Waals surface area contributed by atoms with Gasteiger partial charge in [0.15, 0.2) is 0 Å². The maximum Gasteiger partial charge on any atom is 0.275 e. The van der Waals surface area contributed by atoms with E-state index >= 15 is 0 Å². The van der Waals surface area contributed by atoms with Crippen LogP contribution in [0.3, 0.4) is 0 Å². The van der Waals surface area contributed by atoms with E-state index in [1.165, 1.54) is 12.1 Å². The molecule has 0 heterocycles. The van der Waals surface area contributed by atoms with Crippen LogP contribution in [-0.4, -0.2) is 17.2 Å². The molecule has 0 unspecified atom stereocenters. The molecule has 0 aromatic heterocycles. The Morgan fingerprint density at radius 3 is 2.53 bits per heavy atom. The van der Waals surface area contributed by atoms with Gasteiger partial charge in [-0.3, -0.25) is 4.79 Å². The zero-order valence-electron chi connectivity index (χ0n) is 9.88. The molecule has 0 radical (unpaired) electrons. The van der Waals surface area contributed by atoms with Crippen LogP contribution < -0.4 is 5.43 Å². The first-order chi connectivity index (χ1) is 9.16. The average Bonchev–Trinajstić information content (AvgIpc) is 2.41. The summed E-state index contributed by atoms with van der Waals surface area (Å²) in [6, 6.07) is 14.0. The van der Waals surface area contributed by atoms with Crippen LogP contribution in [0.25, 0.3) is 0 Å². The number of hydrogen-bond donors (Lipinski definition) is 2. The van der Waals surface area contributed by atoms with Crippen molar-refractivity contribution in [2.75, 3.05) is 0 Å². The number of phenolic OH excluding ortho intramolecular Hbond substituents is 1. The lowest BCUT2D eigenvalue weighted by Crippen LogP contribution is -2.17. The zero-order chi connectivity index (χ0) is 13.7. The monoisotopic (exact) mass is 366 g/mol. The maximum absolute atomic E-state index is 11.7. The van der Waals surface area contributed by atoms with Gasteiger partial charge >= 0.3 is 0 Å². The van der Waals surface area contributed by atoms with Gasteiger partial charge in [-0.2, -0.15) is 5.10 Å². The standard InChI is InChI=1S/C14H11IN2O2/c15-11-7-5-10(6-8-11)9-16-17-14(19)12-3-1-2-4-13(12)18/h1-9,18H,(H,17,19)/b16-9+. The number of carbonyl (C=O) groups is 1. The first kappa shape index (κ1) is 13.5. The second-order valence-electron chi connectivity index (χ2n) is 3.77. The predicted molar refractivity (Wildman–Crippen MR) is 82.3 cm³/mol. The topological polar surface area (TPSA) is 61.7 Å². The second-order valence-corrected chi connectivity index (χ2v) is 5.01.